The number of carbonyl (C=O) groups is 3. The topological polar surface area (TPSA) is 166 Å². The van der Waals surface area contributed by atoms with E-state index < -0.39 is 43.4 Å². The van der Waals surface area contributed by atoms with Gasteiger partial charge in [0.05, 0.1) is 23.3 Å². The lowest BCUT2D eigenvalue weighted by molar-refractivity contribution is -0.384. The van der Waals surface area contributed by atoms with Crippen LogP contribution < -0.4 is 9.64 Å². The zero-order chi connectivity index (χ0) is 25.9. The number of hydrogen-bond donors (Lipinski definition) is 0. The van der Waals surface area contributed by atoms with E-state index in [1.807, 2.05) is 0 Å². The Morgan fingerprint density at radius 2 is 1.74 bits per heavy atom. The number of methoxy groups -OCH3 is 1. The van der Waals surface area contributed by atoms with Crippen molar-refractivity contribution in [2.45, 2.75) is 17.7 Å². The van der Waals surface area contributed by atoms with Crippen molar-refractivity contribution in [1.82, 2.24) is 4.90 Å². The fraction of sp³-hybridized carbons (Fsp3) is 0.238. The molecule has 0 atom stereocenters. The molecule has 1 fully saturated rings. The molecule has 1 heterocycles. The first-order valence-electron chi connectivity index (χ1n) is 9.96. The summed E-state index contributed by atoms with van der Waals surface area (Å²) in [7, 11) is -0.398. The number of sulfonamides is 1. The van der Waals surface area contributed by atoms with Crippen LogP contribution in [-0.2, 0) is 24.3 Å². The summed E-state index contributed by atoms with van der Waals surface area (Å²) in [4.78, 5) is 49.1. The second-order valence-corrected chi connectivity index (χ2v) is 9.05. The largest absolute Gasteiger partial charge is 0.465 e. The minimum Gasteiger partial charge on any atom is -0.465 e. The van der Waals surface area contributed by atoms with Crippen molar-refractivity contribution in [3.8, 4) is 11.5 Å². The highest BCUT2D eigenvalue weighted by Gasteiger charge is 2.36. The SMILES string of the molecule is COC(=O)c1cc(N2C(=O)CCC2=O)c(Oc2ccc([N+](=O)[O-])cc2)c(S(=O)(=O)N=CN(C)C)c1. The van der Waals surface area contributed by atoms with Gasteiger partial charge in [0.25, 0.3) is 15.7 Å². The van der Waals surface area contributed by atoms with Gasteiger partial charge in [0.1, 0.15) is 17.0 Å². The number of nitrogens with zero attached hydrogens (tertiary/aromatic N) is 4. The number of anilines is 1. The lowest BCUT2D eigenvalue weighted by Crippen LogP contribution is -2.29. The summed E-state index contributed by atoms with van der Waals surface area (Å²) in [6.45, 7) is 0. The van der Waals surface area contributed by atoms with E-state index in [0.29, 0.717) is 0 Å². The minimum absolute atomic E-state index is 0.0326. The van der Waals surface area contributed by atoms with Gasteiger partial charge in [-0.15, -0.1) is 4.40 Å². The Morgan fingerprint density at radius 3 is 2.26 bits per heavy atom. The normalized spacial score (nSPS) is 13.9. The third-order valence-electron chi connectivity index (χ3n) is 4.71. The van der Waals surface area contributed by atoms with Crippen LogP contribution in [0.15, 0.2) is 45.7 Å². The van der Waals surface area contributed by atoms with E-state index in [0.717, 1.165) is 42.6 Å². The number of nitro groups is 1. The van der Waals surface area contributed by atoms with Gasteiger partial charge in [-0.05, 0) is 24.3 Å². The molecule has 184 valence electrons. The number of carbonyl (C=O) groups excluding carboxylic acids is 3. The number of imide groups is 1. The molecule has 1 aliphatic heterocycles. The predicted molar refractivity (Wildman–Crippen MR) is 122 cm³/mol. The van der Waals surface area contributed by atoms with Crippen molar-refractivity contribution in [2.75, 3.05) is 26.1 Å². The van der Waals surface area contributed by atoms with E-state index in [2.05, 4.69) is 4.40 Å². The van der Waals surface area contributed by atoms with E-state index in [4.69, 9.17) is 9.47 Å². The molecule has 13 nitrogen and oxygen atoms in total. The molecule has 2 aromatic rings. The van der Waals surface area contributed by atoms with Gasteiger partial charge in [-0.25, -0.2) is 9.69 Å². The van der Waals surface area contributed by atoms with Gasteiger partial charge < -0.3 is 14.4 Å². The smallest absolute Gasteiger partial charge is 0.337 e. The van der Waals surface area contributed by atoms with Crippen molar-refractivity contribution in [2.24, 2.45) is 4.40 Å². The molecule has 0 radical (unpaired) electrons. The van der Waals surface area contributed by atoms with Gasteiger partial charge in [-0.1, -0.05) is 0 Å². The van der Waals surface area contributed by atoms with Gasteiger partial charge >= 0.3 is 5.97 Å². The zero-order valence-electron chi connectivity index (χ0n) is 18.8. The van der Waals surface area contributed by atoms with Crippen molar-refractivity contribution in [1.29, 1.82) is 0 Å². The van der Waals surface area contributed by atoms with E-state index >= 15 is 0 Å². The first-order chi connectivity index (χ1) is 16.4. The Hall–Kier alpha value is -4.33. The van der Waals surface area contributed by atoms with Gasteiger partial charge in [0, 0.05) is 39.1 Å². The molecule has 2 amide bonds. The summed E-state index contributed by atoms with van der Waals surface area (Å²) in [5.41, 5.74) is -0.825. The van der Waals surface area contributed by atoms with Crippen molar-refractivity contribution in [3.63, 3.8) is 0 Å². The van der Waals surface area contributed by atoms with Crippen LogP contribution in [0.5, 0.6) is 11.5 Å². The summed E-state index contributed by atoms with van der Waals surface area (Å²) < 4.78 is 40.3. The van der Waals surface area contributed by atoms with E-state index in [-0.39, 0.29) is 35.5 Å². The standard InChI is InChI=1S/C21H20N4O9S/c1-23(2)12-22-35(31,32)17-11-13(21(28)33-3)10-16(24-18(26)8-9-19(24)27)20(17)34-15-6-4-14(5-7-15)25(29)30/h4-7,10-12H,8-9H2,1-3H3. The van der Waals surface area contributed by atoms with E-state index in [1.54, 1.807) is 0 Å². The zero-order valence-corrected chi connectivity index (χ0v) is 19.6. The fourth-order valence-electron chi connectivity index (χ4n) is 3.10. The number of amides is 2. The maximum Gasteiger partial charge on any atom is 0.337 e. The van der Waals surface area contributed by atoms with Crippen LogP contribution in [0.25, 0.3) is 0 Å². The first kappa shape index (κ1) is 25.3. The van der Waals surface area contributed by atoms with Crippen molar-refractivity contribution < 1.29 is 37.2 Å². The van der Waals surface area contributed by atoms with E-state index in [9.17, 15) is 32.9 Å². The molecule has 2 aromatic carbocycles. The summed E-state index contributed by atoms with van der Waals surface area (Å²) >= 11 is 0. The summed E-state index contributed by atoms with van der Waals surface area (Å²) in [6, 6.07) is 6.73. The fourth-order valence-corrected chi connectivity index (χ4v) is 4.18. The van der Waals surface area contributed by atoms with Crippen LogP contribution in [0.3, 0.4) is 0 Å². The third-order valence-corrected chi connectivity index (χ3v) is 5.94. The van der Waals surface area contributed by atoms with Gasteiger partial charge in [-0.2, -0.15) is 8.42 Å². The van der Waals surface area contributed by atoms with Crippen LogP contribution in [0.2, 0.25) is 0 Å². The molecule has 0 saturated carbocycles. The number of ether oxygens (including phenoxy) is 2. The molecule has 1 saturated heterocycles. The number of rotatable bonds is 8. The number of hydrogen-bond acceptors (Lipinski definition) is 9. The number of nitro benzene ring substituents is 1. The number of benzene rings is 2. The Kier molecular flexibility index (Phi) is 7.14. The molecule has 3 rings (SSSR count). The Bertz CT molecular complexity index is 1320. The van der Waals surface area contributed by atoms with E-state index in [1.165, 1.54) is 31.1 Å². The van der Waals surface area contributed by atoms with Gasteiger partial charge in [-0.3, -0.25) is 19.7 Å². The highest BCUT2D eigenvalue weighted by molar-refractivity contribution is 7.90. The summed E-state index contributed by atoms with van der Waals surface area (Å²) in [6.07, 6.45) is 0.750. The Morgan fingerprint density at radius 1 is 1.14 bits per heavy atom. The number of esters is 1. The molecular formula is C21H20N4O9S. The molecule has 0 N–H and O–H groups in total. The molecule has 1 aliphatic rings. The molecule has 0 aromatic heterocycles. The number of non-ortho nitro benzene ring substituents is 1. The van der Waals surface area contributed by atoms with Gasteiger partial charge in [0.2, 0.25) is 11.8 Å². The molecular weight excluding hydrogens is 484 g/mol. The minimum atomic E-state index is -4.54. The highest BCUT2D eigenvalue weighted by Crippen LogP contribution is 2.42. The van der Waals surface area contributed by atoms with Crippen molar-refractivity contribution in [3.05, 3.63) is 52.1 Å². The summed E-state index contributed by atoms with van der Waals surface area (Å²) in [5.74, 6) is -2.70. The first-order valence-corrected chi connectivity index (χ1v) is 11.4. The Labute approximate surface area is 199 Å². The van der Waals surface area contributed by atoms with Crippen LogP contribution in [0.1, 0.15) is 23.2 Å². The predicted octanol–water partition coefficient (Wildman–Crippen LogP) is 2.11. The van der Waals surface area contributed by atoms with Crippen LogP contribution in [-0.4, -0.2) is 63.6 Å². The molecule has 35 heavy (non-hydrogen) atoms. The molecule has 14 heteroatoms. The Balaban J connectivity index is 2.31. The lowest BCUT2D eigenvalue weighted by Gasteiger charge is -2.21. The lowest BCUT2D eigenvalue weighted by atomic mass is 10.1. The average molecular weight is 504 g/mol. The second-order valence-electron chi connectivity index (χ2n) is 7.45. The second kappa shape index (κ2) is 9.89. The molecule has 0 spiro atoms. The van der Waals surface area contributed by atoms with Gasteiger partial charge in [0.15, 0.2) is 5.75 Å². The highest BCUT2D eigenvalue weighted by atomic mass is 32.2. The monoisotopic (exact) mass is 504 g/mol. The van der Waals surface area contributed by atoms with Crippen LogP contribution in [0, 0.1) is 10.1 Å². The molecule has 0 aliphatic carbocycles. The van der Waals surface area contributed by atoms with Crippen LogP contribution >= 0.6 is 0 Å². The average Bonchev–Trinajstić information content (AvgIpc) is 3.15. The maximum absolute atomic E-state index is 13.2. The quantitative estimate of drug-likeness (QED) is 0.130. The molecule has 0 bridgehead atoms. The maximum atomic E-state index is 13.2. The molecule has 0 unspecified atom stereocenters. The summed E-state index contributed by atoms with van der Waals surface area (Å²) in [5, 5.41) is 11.0. The van der Waals surface area contributed by atoms with Crippen molar-refractivity contribution >= 4 is 45.5 Å². The third kappa shape index (κ3) is 5.43. The van der Waals surface area contributed by atoms with Crippen LogP contribution in [0.4, 0.5) is 11.4 Å².